The number of aryl methyl sites for hydroxylation is 1. The average Bonchev–Trinajstić information content (AvgIpc) is 2.33. The molecule has 0 spiro atoms. The Morgan fingerprint density at radius 2 is 2.15 bits per heavy atom. The highest BCUT2D eigenvalue weighted by Gasteiger charge is 2.21. The molecule has 1 unspecified atom stereocenters. The SMILES string of the molecule is CCC(COc1ccc(C)nc1[N+](=O)[O-])CS(=O)(=O)Cl. The van der Waals surface area contributed by atoms with E-state index in [0.29, 0.717) is 12.1 Å². The summed E-state index contributed by atoms with van der Waals surface area (Å²) in [4.78, 5) is 14.0. The third kappa shape index (κ3) is 5.30. The van der Waals surface area contributed by atoms with Crippen molar-refractivity contribution >= 4 is 25.6 Å². The maximum atomic E-state index is 11.0. The van der Waals surface area contributed by atoms with E-state index in [1.807, 2.05) is 0 Å². The third-order valence-electron chi connectivity index (χ3n) is 2.64. The first-order valence-corrected chi connectivity index (χ1v) is 8.38. The number of ether oxygens (including phenoxy) is 1. The molecule has 1 rings (SSSR count). The maximum absolute atomic E-state index is 11.0. The van der Waals surface area contributed by atoms with Gasteiger partial charge >= 0.3 is 5.82 Å². The lowest BCUT2D eigenvalue weighted by atomic mass is 10.1. The van der Waals surface area contributed by atoms with E-state index in [9.17, 15) is 18.5 Å². The van der Waals surface area contributed by atoms with Gasteiger partial charge in [0, 0.05) is 23.5 Å². The molecule has 112 valence electrons. The third-order valence-corrected chi connectivity index (χ3v) is 3.89. The lowest BCUT2D eigenvalue weighted by Crippen LogP contribution is -2.19. The first-order chi connectivity index (χ1) is 9.23. The molecule has 0 aliphatic rings. The summed E-state index contributed by atoms with van der Waals surface area (Å²) in [5, 5.41) is 10.9. The van der Waals surface area contributed by atoms with Crippen molar-refractivity contribution in [1.82, 2.24) is 4.98 Å². The number of hydrogen-bond donors (Lipinski definition) is 0. The van der Waals surface area contributed by atoms with Gasteiger partial charge < -0.3 is 14.9 Å². The Kier molecular flexibility index (Phi) is 5.70. The van der Waals surface area contributed by atoms with Crippen LogP contribution >= 0.6 is 10.7 Å². The minimum atomic E-state index is -3.63. The van der Waals surface area contributed by atoms with Crippen LogP contribution in [0, 0.1) is 23.0 Å². The van der Waals surface area contributed by atoms with Gasteiger partial charge in [0.1, 0.15) is 5.69 Å². The predicted octanol–water partition coefficient (Wildman–Crippen LogP) is 2.27. The fourth-order valence-electron chi connectivity index (χ4n) is 1.55. The highest BCUT2D eigenvalue weighted by Crippen LogP contribution is 2.25. The molecule has 0 bridgehead atoms. The second kappa shape index (κ2) is 6.85. The first kappa shape index (κ1) is 16.6. The molecular weight excluding hydrogens is 308 g/mol. The van der Waals surface area contributed by atoms with E-state index < -0.39 is 14.0 Å². The topological polar surface area (TPSA) is 99.4 Å². The summed E-state index contributed by atoms with van der Waals surface area (Å²) in [6.07, 6.45) is 0.527. The molecule has 1 aromatic heterocycles. The zero-order chi connectivity index (χ0) is 15.3. The quantitative estimate of drug-likeness (QED) is 0.433. The number of halogens is 1. The summed E-state index contributed by atoms with van der Waals surface area (Å²) in [6, 6.07) is 3.03. The summed E-state index contributed by atoms with van der Waals surface area (Å²) in [5.74, 6) is -0.934. The molecule has 1 aromatic rings. The van der Waals surface area contributed by atoms with Crippen molar-refractivity contribution in [3.05, 3.63) is 27.9 Å². The molecule has 0 aliphatic carbocycles. The Morgan fingerprint density at radius 3 is 2.65 bits per heavy atom. The second-order valence-electron chi connectivity index (χ2n) is 4.32. The minimum Gasteiger partial charge on any atom is -0.485 e. The van der Waals surface area contributed by atoms with Gasteiger partial charge in [0.25, 0.3) is 0 Å². The first-order valence-electron chi connectivity index (χ1n) is 5.90. The van der Waals surface area contributed by atoms with Crippen LogP contribution in [0.15, 0.2) is 12.1 Å². The van der Waals surface area contributed by atoms with Crippen molar-refractivity contribution < 1.29 is 18.1 Å². The van der Waals surface area contributed by atoms with Crippen LogP contribution in [0.4, 0.5) is 5.82 Å². The second-order valence-corrected chi connectivity index (χ2v) is 7.14. The molecule has 0 fully saturated rings. The van der Waals surface area contributed by atoms with Gasteiger partial charge in [-0.05, 0) is 28.5 Å². The van der Waals surface area contributed by atoms with Gasteiger partial charge in [-0.1, -0.05) is 6.92 Å². The van der Waals surface area contributed by atoms with Crippen molar-refractivity contribution in [2.24, 2.45) is 5.92 Å². The van der Waals surface area contributed by atoms with Gasteiger partial charge in [-0.25, -0.2) is 8.42 Å². The van der Waals surface area contributed by atoms with Gasteiger partial charge in [-0.2, -0.15) is 0 Å². The van der Waals surface area contributed by atoms with Crippen molar-refractivity contribution in [3.63, 3.8) is 0 Å². The highest BCUT2D eigenvalue weighted by atomic mass is 35.7. The summed E-state index contributed by atoms with van der Waals surface area (Å²) >= 11 is 0. The van der Waals surface area contributed by atoms with Crippen molar-refractivity contribution in [2.45, 2.75) is 20.3 Å². The molecular formula is C11H15ClN2O5S. The number of hydrogen-bond acceptors (Lipinski definition) is 6. The monoisotopic (exact) mass is 322 g/mol. The van der Waals surface area contributed by atoms with E-state index in [1.165, 1.54) is 6.07 Å². The predicted molar refractivity (Wildman–Crippen MR) is 74.5 cm³/mol. The van der Waals surface area contributed by atoms with Gasteiger partial charge in [-0.3, -0.25) is 0 Å². The molecule has 0 N–H and O–H groups in total. The van der Waals surface area contributed by atoms with E-state index in [1.54, 1.807) is 19.9 Å². The highest BCUT2D eigenvalue weighted by molar-refractivity contribution is 8.13. The van der Waals surface area contributed by atoms with E-state index in [-0.39, 0.29) is 29.8 Å². The molecule has 7 nitrogen and oxygen atoms in total. The van der Waals surface area contributed by atoms with Crippen molar-refractivity contribution in [3.8, 4) is 5.75 Å². The van der Waals surface area contributed by atoms with Crippen LogP contribution in [0.25, 0.3) is 0 Å². The van der Waals surface area contributed by atoms with Crippen LogP contribution in [-0.2, 0) is 9.05 Å². The number of aromatic nitrogens is 1. The number of nitrogens with zero attached hydrogens (tertiary/aromatic N) is 2. The Bertz CT molecular complexity index is 590. The van der Waals surface area contributed by atoms with Crippen LogP contribution < -0.4 is 4.74 Å². The Labute approximate surface area is 121 Å². The Morgan fingerprint density at radius 1 is 1.50 bits per heavy atom. The molecule has 0 radical (unpaired) electrons. The van der Waals surface area contributed by atoms with E-state index in [2.05, 4.69) is 4.98 Å². The number of nitro groups is 1. The summed E-state index contributed by atoms with van der Waals surface area (Å²) in [6.45, 7) is 3.44. The van der Waals surface area contributed by atoms with Crippen molar-refractivity contribution in [2.75, 3.05) is 12.4 Å². The Hall–Kier alpha value is -1.41. The van der Waals surface area contributed by atoms with Crippen LogP contribution in [0.5, 0.6) is 5.75 Å². The fraction of sp³-hybridized carbons (Fsp3) is 0.545. The minimum absolute atomic E-state index is 0.0195. The van der Waals surface area contributed by atoms with Crippen LogP contribution in [0.1, 0.15) is 19.0 Å². The molecule has 0 saturated heterocycles. The molecule has 0 aliphatic heterocycles. The zero-order valence-electron chi connectivity index (χ0n) is 11.1. The van der Waals surface area contributed by atoms with E-state index in [4.69, 9.17) is 15.4 Å². The van der Waals surface area contributed by atoms with Crippen LogP contribution in [0.2, 0.25) is 0 Å². The van der Waals surface area contributed by atoms with Gasteiger partial charge in [0.15, 0.2) is 0 Å². The molecule has 20 heavy (non-hydrogen) atoms. The smallest absolute Gasteiger partial charge is 0.406 e. The van der Waals surface area contributed by atoms with Crippen molar-refractivity contribution in [1.29, 1.82) is 0 Å². The van der Waals surface area contributed by atoms with Gasteiger partial charge in [-0.15, -0.1) is 0 Å². The van der Waals surface area contributed by atoms with E-state index in [0.717, 1.165) is 0 Å². The number of pyridine rings is 1. The largest absolute Gasteiger partial charge is 0.485 e. The van der Waals surface area contributed by atoms with E-state index >= 15 is 0 Å². The molecule has 9 heteroatoms. The van der Waals surface area contributed by atoms with Crippen LogP contribution in [0.3, 0.4) is 0 Å². The summed E-state index contributed by atoms with van der Waals surface area (Å²) < 4.78 is 27.4. The lowest BCUT2D eigenvalue weighted by Gasteiger charge is -2.14. The fourth-order valence-corrected chi connectivity index (χ4v) is 2.98. The van der Waals surface area contributed by atoms with Crippen LogP contribution in [-0.4, -0.2) is 30.7 Å². The maximum Gasteiger partial charge on any atom is 0.406 e. The molecule has 0 saturated carbocycles. The zero-order valence-corrected chi connectivity index (χ0v) is 12.6. The molecule has 1 atom stereocenters. The standard InChI is InChI=1S/C11H15ClN2O5S/c1-3-9(7-20(12,17)18)6-19-10-5-4-8(2)13-11(10)14(15)16/h4-5,9H,3,6-7H2,1-2H3. The lowest BCUT2D eigenvalue weighted by molar-refractivity contribution is -0.390. The average molecular weight is 323 g/mol. The molecule has 1 heterocycles. The number of rotatable bonds is 7. The van der Waals surface area contributed by atoms with Gasteiger partial charge in [0.2, 0.25) is 14.8 Å². The Balaban J connectivity index is 2.81. The normalized spacial score (nSPS) is 12.9. The van der Waals surface area contributed by atoms with Gasteiger partial charge in [0.05, 0.1) is 12.4 Å². The molecule has 0 aromatic carbocycles. The summed E-state index contributed by atoms with van der Waals surface area (Å²) in [5.41, 5.74) is 0.499. The molecule has 0 amide bonds. The summed E-state index contributed by atoms with van der Waals surface area (Å²) in [7, 11) is 1.56.